The summed E-state index contributed by atoms with van der Waals surface area (Å²) in [5.41, 5.74) is 2.14. The molecule has 2 aromatic carbocycles. The third-order valence-corrected chi connectivity index (χ3v) is 3.05. The number of hydrogen-bond donors (Lipinski definition) is 1. The molecule has 0 heterocycles. The zero-order valence-corrected chi connectivity index (χ0v) is 12.2. The third-order valence-electron chi connectivity index (χ3n) is 2.61. The molecule has 3 nitrogen and oxygen atoms in total. The van der Waals surface area contributed by atoms with Crippen molar-refractivity contribution < 1.29 is 0 Å². The van der Waals surface area contributed by atoms with Crippen LogP contribution < -0.4 is 5.32 Å². The maximum Gasteiger partial charge on any atom is 0.132 e. The van der Waals surface area contributed by atoms with Crippen molar-refractivity contribution in [3.63, 3.8) is 0 Å². The number of amidine groups is 1. The summed E-state index contributed by atoms with van der Waals surface area (Å²) in [6.45, 7) is 0. The van der Waals surface area contributed by atoms with Crippen LogP contribution in [0.3, 0.4) is 0 Å². The second-order valence-corrected chi connectivity index (χ2v) is 4.92. The van der Waals surface area contributed by atoms with Crippen molar-refractivity contribution in [1.29, 1.82) is 5.26 Å². The van der Waals surface area contributed by atoms with Crippen LogP contribution in [0.15, 0.2) is 47.5 Å². The van der Waals surface area contributed by atoms with Crippen LogP contribution in [0.4, 0.5) is 5.69 Å². The van der Waals surface area contributed by atoms with Crippen molar-refractivity contribution in [3.8, 4) is 6.07 Å². The Bertz CT molecular complexity index is 682. The SMILES string of the molecule is CN=C(Nc1cccc(C#N)c1)c1cc(Cl)cc(Cl)c1. The zero-order chi connectivity index (χ0) is 14.5. The molecule has 0 aliphatic carbocycles. The summed E-state index contributed by atoms with van der Waals surface area (Å²) in [6.07, 6.45) is 0. The highest BCUT2D eigenvalue weighted by atomic mass is 35.5. The van der Waals surface area contributed by atoms with Gasteiger partial charge in [-0.1, -0.05) is 29.3 Å². The summed E-state index contributed by atoms with van der Waals surface area (Å²) in [5.74, 6) is 0.629. The van der Waals surface area contributed by atoms with Crippen molar-refractivity contribution in [2.24, 2.45) is 4.99 Å². The number of nitriles is 1. The highest BCUT2D eigenvalue weighted by Gasteiger charge is 2.06. The molecule has 2 rings (SSSR count). The van der Waals surface area contributed by atoms with Gasteiger partial charge < -0.3 is 5.32 Å². The maximum atomic E-state index is 8.90. The van der Waals surface area contributed by atoms with E-state index in [1.165, 1.54) is 0 Å². The summed E-state index contributed by atoms with van der Waals surface area (Å²) in [4.78, 5) is 4.20. The molecule has 0 radical (unpaired) electrons. The molecule has 0 amide bonds. The first kappa shape index (κ1) is 14.4. The Balaban J connectivity index is 2.32. The van der Waals surface area contributed by atoms with Gasteiger partial charge in [0.25, 0.3) is 0 Å². The van der Waals surface area contributed by atoms with Gasteiger partial charge in [0, 0.05) is 28.3 Å². The minimum atomic E-state index is 0.543. The average Bonchev–Trinajstić information content (AvgIpc) is 2.44. The number of hydrogen-bond acceptors (Lipinski definition) is 2. The average molecular weight is 304 g/mol. The van der Waals surface area contributed by atoms with E-state index in [9.17, 15) is 0 Å². The van der Waals surface area contributed by atoms with Gasteiger partial charge in [0.15, 0.2) is 0 Å². The smallest absolute Gasteiger partial charge is 0.132 e. The molecule has 0 fully saturated rings. The molecule has 0 bridgehead atoms. The molecule has 0 unspecified atom stereocenters. The van der Waals surface area contributed by atoms with Crippen LogP contribution in [0.2, 0.25) is 10.0 Å². The predicted octanol–water partition coefficient (Wildman–Crippen LogP) is 4.35. The first-order valence-electron chi connectivity index (χ1n) is 5.83. The second kappa shape index (κ2) is 6.42. The Labute approximate surface area is 127 Å². The number of benzene rings is 2. The van der Waals surface area contributed by atoms with Crippen molar-refractivity contribution >= 4 is 34.7 Å². The van der Waals surface area contributed by atoms with Gasteiger partial charge in [-0.15, -0.1) is 0 Å². The van der Waals surface area contributed by atoms with Crippen LogP contribution in [0, 0.1) is 11.3 Å². The molecule has 0 saturated heterocycles. The first-order chi connectivity index (χ1) is 9.62. The number of nitrogens with zero attached hydrogens (tertiary/aromatic N) is 2. The summed E-state index contributed by atoms with van der Waals surface area (Å²) >= 11 is 12.0. The normalized spacial score (nSPS) is 11.0. The molecule has 0 atom stereocenters. The lowest BCUT2D eigenvalue weighted by Gasteiger charge is -2.10. The number of anilines is 1. The van der Waals surface area contributed by atoms with Crippen molar-refractivity contribution in [2.75, 3.05) is 12.4 Å². The Morgan fingerprint density at radius 2 is 1.85 bits per heavy atom. The van der Waals surface area contributed by atoms with Crippen LogP contribution >= 0.6 is 23.2 Å². The van der Waals surface area contributed by atoms with Crippen molar-refractivity contribution in [3.05, 3.63) is 63.6 Å². The molecular weight excluding hydrogens is 293 g/mol. The van der Waals surface area contributed by atoms with E-state index in [0.29, 0.717) is 21.4 Å². The van der Waals surface area contributed by atoms with Gasteiger partial charge in [-0.3, -0.25) is 4.99 Å². The maximum absolute atomic E-state index is 8.90. The fourth-order valence-corrected chi connectivity index (χ4v) is 2.28. The van der Waals surface area contributed by atoms with E-state index >= 15 is 0 Å². The summed E-state index contributed by atoms with van der Waals surface area (Å²) in [5, 5.41) is 13.1. The predicted molar refractivity (Wildman–Crippen MR) is 83.7 cm³/mol. The molecule has 20 heavy (non-hydrogen) atoms. The summed E-state index contributed by atoms with van der Waals surface area (Å²) < 4.78 is 0. The largest absolute Gasteiger partial charge is 0.340 e. The molecule has 0 aliphatic heterocycles. The standard InChI is InChI=1S/C15H11Cl2N3/c1-19-15(11-6-12(16)8-13(17)7-11)20-14-4-2-3-10(5-14)9-18/h2-8H,1H3,(H,19,20). The topological polar surface area (TPSA) is 48.2 Å². The van der Waals surface area contributed by atoms with Gasteiger partial charge in [0.1, 0.15) is 5.84 Å². The molecule has 100 valence electrons. The Morgan fingerprint density at radius 3 is 2.45 bits per heavy atom. The van der Waals surface area contributed by atoms with Crippen LogP contribution in [-0.2, 0) is 0 Å². The highest BCUT2D eigenvalue weighted by Crippen LogP contribution is 2.20. The van der Waals surface area contributed by atoms with Gasteiger partial charge >= 0.3 is 0 Å². The summed E-state index contributed by atoms with van der Waals surface area (Å²) in [7, 11) is 1.67. The number of aliphatic imine (C=N–C) groups is 1. The van der Waals surface area contributed by atoms with Crippen molar-refractivity contribution in [2.45, 2.75) is 0 Å². The fraction of sp³-hybridized carbons (Fsp3) is 0.0667. The Hall–Kier alpha value is -2.02. The molecule has 2 aromatic rings. The van der Waals surface area contributed by atoms with Crippen LogP contribution in [0.1, 0.15) is 11.1 Å². The Morgan fingerprint density at radius 1 is 1.15 bits per heavy atom. The second-order valence-electron chi connectivity index (χ2n) is 4.05. The zero-order valence-electron chi connectivity index (χ0n) is 10.7. The van der Waals surface area contributed by atoms with E-state index < -0.39 is 0 Å². The highest BCUT2D eigenvalue weighted by molar-refractivity contribution is 6.35. The lowest BCUT2D eigenvalue weighted by molar-refractivity contribution is 1.40. The first-order valence-corrected chi connectivity index (χ1v) is 6.58. The van der Waals surface area contributed by atoms with Gasteiger partial charge in [-0.2, -0.15) is 5.26 Å². The fourth-order valence-electron chi connectivity index (χ4n) is 1.75. The Kier molecular flexibility index (Phi) is 4.62. The number of rotatable bonds is 2. The van der Waals surface area contributed by atoms with Gasteiger partial charge in [-0.05, 0) is 36.4 Å². The number of halogens is 2. The van der Waals surface area contributed by atoms with Gasteiger partial charge in [0.05, 0.1) is 11.6 Å². The van der Waals surface area contributed by atoms with Crippen LogP contribution in [-0.4, -0.2) is 12.9 Å². The van der Waals surface area contributed by atoms with Crippen LogP contribution in [0.5, 0.6) is 0 Å². The minimum Gasteiger partial charge on any atom is -0.340 e. The van der Waals surface area contributed by atoms with Gasteiger partial charge in [0.2, 0.25) is 0 Å². The molecule has 0 spiro atoms. The van der Waals surface area contributed by atoms with E-state index in [0.717, 1.165) is 11.3 Å². The minimum absolute atomic E-state index is 0.543. The molecule has 0 aliphatic rings. The summed E-state index contributed by atoms with van der Waals surface area (Å²) in [6, 6.07) is 14.5. The van der Waals surface area contributed by atoms with E-state index in [-0.39, 0.29) is 0 Å². The lowest BCUT2D eigenvalue weighted by atomic mass is 10.1. The molecule has 0 aromatic heterocycles. The third kappa shape index (κ3) is 3.51. The van der Waals surface area contributed by atoms with Crippen LogP contribution in [0.25, 0.3) is 0 Å². The van der Waals surface area contributed by atoms with E-state index in [2.05, 4.69) is 16.4 Å². The van der Waals surface area contributed by atoms with E-state index in [1.807, 2.05) is 6.07 Å². The van der Waals surface area contributed by atoms with Crippen molar-refractivity contribution in [1.82, 2.24) is 0 Å². The molecular formula is C15H11Cl2N3. The van der Waals surface area contributed by atoms with E-state index in [4.69, 9.17) is 28.5 Å². The van der Waals surface area contributed by atoms with E-state index in [1.54, 1.807) is 43.4 Å². The molecule has 1 N–H and O–H groups in total. The lowest BCUT2D eigenvalue weighted by Crippen LogP contribution is -2.13. The monoisotopic (exact) mass is 303 g/mol. The van der Waals surface area contributed by atoms with Gasteiger partial charge in [-0.25, -0.2) is 0 Å². The quantitative estimate of drug-likeness (QED) is 0.662. The number of nitrogens with one attached hydrogen (secondary N) is 1. The molecule has 0 saturated carbocycles. The molecule has 5 heteroatoms.